The highest BCUT2D eigenvalue weighted by molar-refractivity contribution is 7.89. The largest absolute Gasteiger partial charge is 0.497 e. The predicted octanol–water partition coefficient (Wildman–Crippen LogP) is 1.58. The van der Waals surface area contributed by atoms with Crippen LogP contribution in [-0.2, 0) is 14.8 Å². The summed E-state index contributed by atoms with van der Waals surface area (Å²) < 4.78 is 32.4. The molecule has 12 nitrogen and oxygen atoms in total. The molecule has 1 fully saturated rings. The number of hydrogen-bond donors (Lipinski definition) is 2. The molecule has 0 aromatic heterocycles. The fourth-order valence-corrected chi connectivity index (χ4v) is 6.01. The zero-order valence-electron chi connectivity index (χ0n) is 22.1. The maximum Gasteiger partial charge on any atom is 0.280 e. The fraction of sp³-hybridized carbons (Fsp3) is 0.214. The van der Waals surface area contributed by atoms with Crippen molar-refractivity contribution in [3.63, 3.8) is 0 Å². The van der Waals surface area contributed by atoms with Crippen LogP contribution >= 0.6 is 0 Å². The third kappa shape index (κ3) is 5.82. The monoisotopic (exact) mass is 577 g/mol. The van der Waals surface area contributed by atoms with E-state index in [-0.39, 0.29) is 47.1 Å². The average Bonchev–Trinajstić information content (AvgIpc) is 3.22. The van der Waals surface area contributed by atoms with E-state index in [0.29, 0.717) is 29.5 Å². The van der Waals surface area contributed by atoms with Gasteiger partial charge in [-0.15, -0.1) is 0 Å². The van der Waals surface area contributed by atoms with Crippen molar-refractivity contribution in [2.24, 2.45) is 0 Å². The number of piperazine rings is 1. The van der Waals surface area contributed by atoms with Crippen molar-refractivity contribution in [2.45, 2.75) is 4.90 Å². The summed E-state index contributed by atoms with van der Waals surface area (Å²) in [6, 6.07) is 18.5. The number of carbonyl (C=O) groups is 4. The van der Waals surface area contributed by atoms with E-state index in [4.69, 9.17) is 4.74 Å². The first kappa shape index (κ1) is 28.0. The van der Waals surface area contributed by atoms with E-state index in [1.54, 1.807) is 24.3 Å². The second kappa shape index (κ2) is 11.5. The molecule has 41 heavy (non-hydrogen) atoms. The highest BCUT2D eigenvalue weighted by Gasteiger charge is 2.36. The number of sulfonamides is 1. The molecule has 0 bridgehead atoms. The lowest BCUT2D eigenvalue weighted by Gasteiger charge is -2.33. The number of hydrogen-bond acceptors (Lipinski definition) is 8. The van der Waals surface area contributed by atoms with Gasteiger partial charge in [0.2, 0.25) is 15.9 Å². The Labute approximate surface area is 236 Å². The first-order valence-electron chi connectivity index (χ1n) is 12.7. The Morgan fingerprint density at radius 1 is 0.829 bits per heavy atom. The number of nitrogens with zero attached hydrogens (tertiary/aromatic N) is 3. The van der Waals surface area contributed by atoms with E-state index in [0.717, 1.165) is 0 Å². The number of amides is 4. The number of rotatable bonds is 8. The third-order valence-corrected chi connectivity index (χ3v) is 8.75. The highest BCUT2D eigenvalue weighted by Crippen LogP contribution is 2.22. The zero-order chi connectivity index (χ0) is 29.1. The molecule has 13 heteroatoms. The van der Waals surface area contributed by atoms with Gasteiger partial charge in [-0.3, -0.25) is 29.5 Å². The fourth-order valence-electron chi connectivity index (χ4n) is 4.59. The van der Waals surface area contributed by atoms with Gasteiger partial charge >= 0.3 is 0 Å². The Balaban J connectivity index is 1.10. The maximum atomic E-state index is 12.9. The first-order valence-corrected chi connectivity index (χ1v) is 14.2. The second-order valence-corrected chi connectivity index (χ2v) is 11.4. The van der Waals surface area contributed by atoms with Crippen molar-refractivity contribution in [3.05, 3.63) is 89.5 Å². The van der Waals surface area contributed by atoms with Crippen molar-refractivity contribution in [2.75, 3.05) is 45.2 Å². The molecule has 0 atom stereocenters. The number of fused-ring (bicyclic) bond motifs is 1. The molecule has 2 aliphatic heterocycles. The van der Waals surface area contributed by atoms with Crippen LogP contribution in [-0.4, -0.2) is 86.1 Å². The smallest absolute Gasteiger partial charge is 0.280 e. The topological polar surface area (TPSA) is 145 Å². The van der Waals surface area contributed by atoms with Crippen LogP contribution in [0.1, 0.15) is 31.1 Å². The summed E-state index contributed by atoms with van der Waals surface area (Å²) in [5, 5.41) is 3.44. The number of imide groups is 1. The van der Waals surface area contributed by atoms with Crippen molar-refractivity contribution in [1.29, 1.82) is 0 Å². The molecule has 3 aromatic rings. The van der Waals surface area contributed by atoms with Crippen molar-refractivity contribution in [1.82, 2.24) is 19.6 Å². The van der Waals surface area contributed by atoms with Gasteiger partial charge in [-0.1, -0.05) is 12.1 Å². The minimum atomic E-state index is -3.65. The highest BCUT2D eigenvalue weighted by atomic mass is 32.2. The molecular formula is C28H27N5O7S. The molecule has 0 aliphatic carbocycles. The van der Waals surface area contributed by atoms with Crippen LogP contribution < -0.4 is 15.5 Å². The average molecular weight is 578 g/mol. The van der Waals surface area contributed by atoms with Crippen LogP contribution in [0.5, 0.6) is 5.75 Å². The van der Waals surface area contributed by atoms with Crippen LogP contribution in [0, 0.1) is 0 Å². The number of hydrazine groups is 1. The molecule has 212 valence electrons. The number of anilines is 1. The minimum Gasteiger partial charge on any atom is -0.497 e. The van der Waals surface area contributed by atoms with Crippen LogP contribution in [0.4, 0.5) is 5.69 Å². The second-order valence-electron chi connectivity index (χ2n) is 9.41. The molecule has 2 N–H and O–H groups in total. The van der Waals surface area contributed by atoms with E-state index in [1.165, 1.54) is 59.9 Å². The van der Waals surface area contributed by atoms with E-state index in [2.05, 4.69) is 10.7 Å². The Kier molecular flexibility index (Phi) is 7.83. The minimum absolute atomic E-state index is 0.0679. The van der Waals surface area contributed by atoms with Gasteiger partial charge in [0.15, 0.2) is 0 Å². The Morgan fingerprint density at radius 3 is 1.98 bits per heavy atom. The Hall–Kier alpha value is -4.59. The van der Waals surface area contributed by atoms with Crippen LogP contribution in [0.15, 0.2) is 77.7 Å². The molecule has 0 spiro atoms. The summed E-state index contributed by atoms with van der Waals surface area (Å²) in [7, 11) is -2.14. The summed E-state index contributed by atoms with van der Waals surface area (Å²) in [4.78, 5) is 52.2. The van der Waals surface area contributed by atoms with Gasteiger partial charge in [-0.25, -0.2) is 8.42 Å². The molecule has 0 radical (unpaired) electrons. The van der Waals surface area contributed by atoms with Crippen LogP contribution in [0.25, 0.3) is 0 Å². The Morgan fingerprint density at radius 2 is 1.41 bits per heavy atom. The van der Waals surface area contributed by atoms with Crippen molar-refractivity contribution in [3.8, 4) is 5.75 Å². The number of ether oxygens (including phenoxy) is 1. The van der Waals surface area contributed by atoms with E-state index in [9.17, 15) is 27.6 Å². The van der Waals surface area contributed by atoms with Gasteiger partial charge in [0, 0.05) is 37.4 Å². The van der Waals surface area contributed by atoms with Crippen molar-refractivity contribution >= 4 is 39.3 Å². The lowest BCUT2D eigenvalue weighted by Crippen LogP contribution is -2.50. The van der Waals surface area contributed by atoms with Gasteiger partial charge in [0.05, 0.1) is 29.7 Å². The van der Waals surface area contributed by atoms with Crippen molar-refractivity contribution < 1.29 is 32.3 Å². The molecular weight excluding hydrogens is 550 g/mol. The van der Waals surface area contributed by atoms with Gasteiger partial charge in [0.1, 0.15) is 5.75 Å². The summed E-state index contributed by atoms with van der Waals surface area (Å²) in [6.07, 6.45) is 0. The summed E-state index contributed by atoms with van der Waals surface area (Å²) in [6.45, 7) is 1.34. The Bertz CT molecular complexity index is 1560. The predicted molar refractivity (Wildman–Crippen MR) is 148 cm³/mol. The number of benzene rings is 3. The van der Waals surface area contributed by atoms with E-state index >= 15 is 0 Å². The normalized spacial score (nSPS) is 15.9. The lowest BCUT2D eigenvalue weighted by atomic mass is 10.1. The van der Waals surface area contributed by atoms with Gasteiger partial charge < -0.3 is 10.1 Å². The molecule has 5 rings (SSSR count). The molecule has 2 aliphatic rings. The quantitative estimate of drug-likeness (QED) is 0.384. The summed E-state index contributed by atoms with van der Waals surface area (Å²) >= 11 is 0. The molecule has 0 unspecified atom stereocenters. The molecule has 4 amide bonds. The molecule has 2 heterocycles. The van der Waals surface area contributed by atoms with Crippen LogP contribution in [0.2, 0.25) is 0 Å². The van der Waals surface area contributed by atoms with Gasteiger partial charge in [-0.05, 0) is 60.7 Å². The SMILES string of the molecule is COc1ccc(S(=O)(=O)N2CCN(CC(=O)Nc3ccc(C(=O)NN4C(=O)c5ccccc5C4=O)cc3)CC2)cc1. The van der Waals surface area contributed by atoms with Gasteiger partial charge in [-0.2, -0.15) is 9.31 Å². The zero-order valence-corrected chi connectivity index (χ0v) is 22.9. The molecule has 1 saturated heterocycles. The van der Waals surface area contributed by atoms with E-state index in [1.807, 2.05) is 4.90 Å². The van der Waals surface area contributed by atoms with Gasteiger partial charge in [0.25, 0.3) is 17.7 Å². The summed E-state index contributed by atoms with van der Waals surface area (Å²) in [5.74, 6) is -1.59. The van der Waals surface area contributed by atoms with E-state index < -0.39 is 27.7 Å². The van der Waals surface area contributed by atoms with Crippen LogP contribution in [0.3, 0.4) is 0 Å². The molecule has 0 saturated carbocycles. The lowest BCUT2D eigenvalue weighted by molar-refractivity contribution is -0.117. The number of methoxy groups -OCH3 is 1. The first-order chi connectivity index (χ1) is 19.7. The standard InChI is InChI=1S/C28H27N5O7S/c1-40-21-10-12-22(13-11-21)41(38,39)32-16-14-31(15-17-32)18-25(34)29-20-8-6-19(7-9-20)26(35)30-33-27(36)23-4-2-3-5-24(23)28(33)37/h2-13H,14-18H2,1H3,(H,29,34)(H,30,35). The summed E-state index contributed by atoms with van der Waals surface area (Å²) in [5.41, 5.74) is 3.41. The number of nitrogens with one attached hydrogen (secondary N) is 2. The molecule has 3 aromatic carbocycles. The third-order valence-electron chi connectivity index (χ3n) is 6.83. The maximum absolute atomic E-state index is 12.9. The number of carbonyl (C=O) groups excluding carboxylic acids is 4.